The minimum absolute atomic E-state index is 0.0204. The number of carbonyl (C=O) groups is 1. The Kier molecular flexibility index (Phi) is 4.51. The maximum Gasteiger partial charge on any atom is 0.256 e. The molecule has 2 aromatic carbocycles. The summed E-state index contributed by atoms with van der Waals surface area (Å²) in [5.74, 6) is 0.418. The van der Waals surface area contributed by atoms with Crippen LogP contribution >= 0.6 is 0 Å². The number of rotatable bonds is 2. The first-order valence-corrected chi connectivity index (χ1v) is 10.2. The van der Waals surface area contributed by atoms with Crippen molar-refractivity contribution in [3.63, 3.8) is 0 Å². The number of nitrogens with one attached hydrogen (secondary N) is 1. The highest BCUT2D eigenvalue weighted by Crippen LogP contribution is 2.29. The van der Waals surface area contributed by atoms with E-state index in [1.165, 1.54) is 12.1 Å². The number of imidazole rings is 1. The molecular weight excluding hydrogens is 379 g/mol. The van der Waals surface area contributed by atoms with Crippen LogP contribution in [0.3, 0.4) is 0 Å². The van der Waals surface area contributed by atoms with Crippen molar-refractivity contribution in [1.29, 1.82) is 0 Å². The van der Waals surface area contributed by atoms with Crippen LogP contribution in [0, 0.1) is 5.82 Å². The van der Waals surface area contributed by atoms with Crippen molar-refractivity contribution in [1.82, 2.24) is 19.6 Å². The average molecular weight is 402 g/mol. The minimum atomic E-state index is -0.289. The Hall–Kier alpha value is -3.25. The van der Waals surface area contributed by atoms with Gasteiger partial charge in [0.25, 0.3) is 5.91 Å². The number of amides is 1. The van der Waals surface area contributed by atoms with E-state index in [9.17, 15) is 9.18 Å². The molecule has 0 saturated carbocycles. The van der Waals surface area contributed by atoms with Crippen molar-refractivity contribution in [2.24, 2.45) is 0 Å². The molecule has 5 nitrogen and oxygen atoms in total. The molecule has 3 heterocycles. The Morgan fingerprint density at radius 3 is 2.40 bits per heavy atom. The molecule has 0 unspecified atom stereocenters. The molecule has 1 fully saturated rings. The molecule has 1 aliphatic heterocycles. The van der Waals surface area contributed by atoms with E-state index < -0.39 is 0 Å². The summed E-state index contributed by atoms with van der Waals surface area (Å²) in [4.78, 5) is 20.1. The lowest BCUT2D eigenvalue weighted by Crippen LogP contribution is -2.55. The predicted molar refractivity (Wildman–Crippen MR) is 116 cm³/mol. The molecular formula is C24H23FN4O. The summed E-state index contributed by atoms with van der Waals surface area (Å²) in [6.45, 7) is 5.54. The van der Waals surface area contributed by atoms with Crippen LogP contribution in [-0.4, -0.2) is 45.4 Å². The van der Waals surface area contributed by atoms with Gasteiger partial charge in [0.05, 0.1) is 17.3 Å². The lowest BCUT2D eigenvalue weighted by molar-refractivity contribution is 0.0675. The van der Waals surface area contributed by atoms with Crippen molar-refractivity contribution in [3.8, 4) is 11.4 Å². The van der Waals surface area contributed by atoms with E-state index in [-0.39, 0.29) is 23.8 Å². The second-order valence-corrected chi connectivity index (χ2v) is 8.11. The molecule has 0 radical (unpaired) electrons. The molecule has 1 aliphatic rings. The molecule has 152 valence electrons. The number of piperazine rings is 1. The zero-order valence-electron chi connectivity index (χ0n) is 17.0. The van der Waals surface area contributed by atoms with Crippen LogP contribution in [-0.2, 0) is 0 Å². The fourth-order valence-corrected chi connectivity index (χ4v) is 4.48. The first-order valence-electron chi connectivity index (χ1n) is 10.2. The normalized spacial score (nSPS) is 19.5. The molecule has 1 N–H and O–H groups in total. The molecule has 1 amide bonds. The van der Waals surface area contributed by atoms with E-state index in [4.69, 9.17) is 0 Å². The minimum Gasteiger partial charge on any atom is -0.335 e. The molecule has 2 aromatic heterocycles. The van der Waals surface area contributed by atoms with E-state index in [1.54, 1.807) is 12.1 Å². The van der Waals surface area contributed by atoms with Crippen molar-refractivity contribution in [2.45, 2.75) is 25.9 Å². The molecule has 6 heteroatoms. The van der Waals surface area contributed by atoms with Gasteiger partial charge in [0.2, 0.25) is 0 Å². The molecule has 0 aliphatic carbocycles. The largest absolute Gasteiger partial charge is 0.335 e. The smallest absolute Gasteiger partial charge is 0.256 e. The van der Waals surface area contributed by atoms with Gasteiger partial charge >= 0.3 is 0 Å². The molecule has 0 spiro atoms. The average Bonchev–Trinajstić information content (AvgIpc) is 3.17. The van der Waals surface area contributed by atoms with E-state index in [1.807, 2.05) is 46.0 Å². The standard InChI is InChI=1S/C24H23FN4O/c1-15-12-28(13-16(2)27-15)24(30)21-14-29-22(20-6-4-3-5-19(20)21)11-26-23(29)17-7-9-18(25)10-8-17/h3-11,14-16,27H,12-13H2,1-2H3/t15-,16+. The quantitative estimate of drug-likeness (QED) is 0.549. The highest BCUT2D eigenvalue weighted by molar-refractivity contribution is 6.11. The number of benzene rings is 2. The topological polar surface area (TPSA) is 49.6 Å². The van der Waals surface area contributed by atoms with Crippen molar-refractivity contribution in [3.05, 3.63) is 72.3 Å². The van der Waals surface area contributed by atoms with Gasteiger partial charge < -0.3 is 10.2 Å². The Morgan fingerprint density at radius 2 is 1.70 bits per heavy atom. The fourth-order valence-electron chi connectivity index (χ4n) is 4.48. The zero-order valence-corrected chi connectivity index (χ0v) is 17.0. The third-order valence-electron chi connectivity index (χ3n) is 5.73. The Labute approximate surface area is 174 Å². The number of pyridine rings is 1. The predicted octanol–water partition coefficient (Wildman–Crippen LogP) is 4.12. The highest BCUT2D eigenvalue weighted by Gasteiger charge is 2.27. The SMILES string of the molecule is C[C@@H]1CN(C(=O)c2cn3c(-c4ccc(F)cc4)ncc3c3ccccc23)C[C@H](C)N1. The molecule has 5 rings (SSSR count). The number of hydrogen-bond acceptors (Lipinski definition) is 3. The first-order chi connectivity index (χ1) is 14.5. The van der Waals surface area contributed by atoms with Crippen LogP contribution < -0.4 is 5.32 Å². The van der Waals surface area contributed by atoms with Gasteiger partial charge in [-0.2, -0.15) is 0 Å². The summed E-state index contributed by atoms with van der Waals surface area (Å²) in [5.41, 5.74) is 2.37. The van der Waals surface area contributed by atoms with E-state index >= 15 is 0 Å². The Morgan fingerprint density at radius 1 is 1.03 bits per heavy atom. The van der Waals surface area contributed by atoms with Crippen LogP contribution in [0.15, 0.2) is 60.9 Å². The maximum atomic E-state index is 13.6. The maximum absolute atomic E-state index is 13.6. The van der Waals surface area contributed by atoms with Gasteiger partial charge in [-0.3, -0.25) is 9.20 Å². The van der Waals surface area contributed by atoms with Gasteiger partial charge in [-0.25, -0.2) is 9.37 Å². The monoisotopic (exact) mass is 402 g/mol. The number of halogens is 1. The second kappa shape index (κ2) is 7.22. The van der Waals surface area contributed by atoms with E-state index in [0.717, 1.165) is 21.9 Å². The second-order valence-electron chi connectivity index (χ2n) is 8.11. The lowest BCUT2D eigenvalue weighted by atomic mass is 10.0. The Bertz CT molecular complexity index is 1240. The number of hydrogen-bond donors (Lipinski definition) is 1. The third-order valence-corrected chi connectivity index (χ3v) is 5.73. The van der Waals surface area contributed by atoms with Gasteiger partial charge in [-0.1, -0.05) is 24.3 Å². The van der Waals surface area contributed by atoms with Crippen LogP contribution in [0.2, 0.25) is 0 Å². The first kappa shape index (κ1) is 18.8. The summed E-state index contributed by atoms with van der Waals surface area (Å²) in [5, 5.41) is 5.36. The summed E-state index contributed by atoms with van der Waals surface area (Å²) >= 11 is 0. The van der Waals surface area contributed by atoms with Crippen molar-refractivity contribution in [2.75, 3.05) is 13.1 Å². The zero-order chi connectivity index (χ0) is 20.8. The number of aromatic nitrogens is 2. The number of fused-ring (bicyclic) bond motifs is 3. The lowest BCUT2D eigenvalue weighted by Gasteiger charge is -2.36. The van der Waals surface area contributed by atoms with Crippen LogP contribution in [0.25, 0.3) is 27.7 Å². The Balaban J connectivity index is 1.69. The van der Waals surface area contributed by atoms with Crippen LogP contribution in [0.4, 0.5) is 4.39 Å². The van der Waals surface area contributed by atoms with Gasteiger partial charge in [0.15, 0.2) is 0 Å². The third kappa shape index (κ3) is 3.13. The van der Waals surface area contributed by atoms with Gasteiger partial charge in [0.1, 0.15) is 11.6 Å². The molecule has 4 aromatic rings. The summed E-state index contributed by atoms with van der Waals surface area (Å²) in [6, 6.07) is 14.7. The van der Waals surface area contributed by atoms with E-state index in [2.05, 4.69) is 24.1 Å². The van der Waals surface area contributed by atoms with Crippen LogP contribution in [0.5, 0.6) is 0 Å². The van der Waals surface area contributed by atoms with Gasteiger partial charge in [0, 0.05) is 42.3 Å². The molecule has 30 heavy (non-hydrogen) atoms. The molecule has 0 bridgehead atoms. The highest BCUT2D eigenvalue weighted by atomic mass is 19.1. The number of carbonyl (C=O) groups excluding carboxylic acids is 1. The number of nitrogens with zero attached hydrogens (tertiary/aromatic N) is 3. The van der Waals surface area contributed by atoms with Crippen molar-refractivity contribution < 1.29 is 9.18 Å². The van der Waals surface area contributed by atoms with Gasteiger partial charge in [-0.15, -0.1) is 0 Å². The summed E-state index contributed by atoms with van der Waals surface area (Å²) in [6.07, 6.45) is 3.69. The van der Waals surface area contributed by atoms with Crippen LogP contribution in [0.1, 0.15) is 24.2 Å². The fraction of sp³-hybridized carbons (Fsp3) is 0.250. The molecule has 2 atom stereocenters. The summed E-state index contributed by atoms with van der Waals surface area (Å²) in [7, 11) is 0. The molecule has 1 saturated heterocycles. The van der Waals surface area contributed by atoms with Gasteiger partial charge in [-0.05, 0) is 43.5 Å². The van der Waals surface area contributed by atoms with E-state index in [0.29, 0.717) is 24.5 Å². The summed E-state index contributed by atoms with van der Waals surface area (Å²) < 4.78 is 15.3. The van der Waals surface area contributed by atoms with Crippen molar-refractivity contribution >= 4 is 22.2 Å².